The summed E-state index contributed by atoms with van der Waals surface area (Å²) in [6.45, 7) is 0. The summed E-state index contributed by atoms with van der Waals surface area (Å²) in [7, 11) is 0. The quantitative estimate of drug-likeness (QED) is 0.624. The van der Waals surface area contributed by atoms with Gasteiger partial charge in [-0.05, 0) is 36.5 Å². The Kier molecular flexibility index (Phi) is 2.42. The van der Waals surface area contributed by atoms with Crippen LogP contribution in [0.15, 0.2) is 12.1 Å². The van der Waals surface area contributed by atoms with Gasteiger partial charge in [0.05, 0.1) is 0 Å². The van der Waals surface area contributed by atoms with E-state index in [9.17, 15) is 9.50 Å². The van der Waals surface area contributed by atoms with E-state index in [1.807, 2.05) is 0 Å². The number of aromatic hydroxyl groups is 1. The second-order valence-electron chi connectivity index (χ2n) is 3.82. The van der Waals surface area contributed by atoms with Crippen LogP contribution in [0.5, 0.6) is 5.75 Å². The first-order valence-electron chi connectivity index (χ1n) is 4.96. The summed E-state index contributed by atoms with van der Waals surface area (Å²) in [5.74, 6) is -0.752. The molecule has 1 aromatic carbocycles. The van der Waals surface area contributed by atoms with Crippen molar-refractivity contribution in [1.29, 1.82) is 0 Å². The Morgan fingerprint density at radius 1 is 1.36 bits per heavy atom. The number of phenolic OH excluding ortho intramolecular Hbond substituents is 1. The first-order chi connectivity index (χ1) is 6.70. The molecule has 14 heavy (non-hydrogen) atoms. The lowest BCUT2D eigenvalue weighted by Gasteiger charge is -2.13. The molecule has 1 aliphatic rings. The molecular formula is C11H14FNO. The largest absolute Gasteiger partial charge is 0.505 e. The van der Waals surface area contributed by atoms with E-state index in [4.69, 9.17) is 5.73 Å². The van der Waals surface area contributed by atoms with Gasteiger partial charge in [-0.2, -0.15) is 0 Å². The average Bonchev–Trinajstić information content (AvgIpc) is 2.35. The molecule has 0 aromatic heterocycles. The van der Waals surface area contributed by atoms with Crippen molar-refractivity contribution in [2.24, 2.45) is 5.73 Å². The molecule has 0 heterocycles. The van der Waals surface area contributed by atoms with Crippen LogP contribution in [0.2, 0.25) is 0 Å². The molecule has 1 atom stereocenters. The smallest absolute Gasteiger partial charge is 0.168 e. The van der Waals surface area contributed by atoms with Gasteiger partial charge in [-0.25, -0.2) is 4.39 Å². The van der Waals surface area contributed by atoms with Crippen LogP contribution in [0.4, 0.5) is 4.39 Å². The molecule has 3 heteroatoms. The van der Waals surface area contributed by atoms with E-state index >= 15 is 0 Å². The van der Waals surface area contributed by atoms with Gasteiger partial charge in [0.25, 0.3) is 0 Å². The number of phenols is 1. The fraction of sp³-hybridized carbons (Fsp3) is 0.455. The molecule has 1 unspecified atom stereocenters. The maximum absolute atomic E-state index is 13.5. The van der Waals surface area contributed by atoms with E-state index < -0.39 is 5.82 Å². The number of hydrogen-bond donors (Lipinski definition) is 2. The third-order valence-electron chi connectivity index (χ3n) is 2.85. The number of halogens is 1. The summed E-state index contributed by atoms with van der Waals surface area (Å²) >= 11 is 0. The molecule has 0 saturated heterocycles. The van der Waals surface area contributed by atoms with Crippen LogP contribution in [0, 0.1) is 5.82 Å². The molecule has 0 bridgehead atoms. The molecular weight excluding hydrogens is 181 g/mol. The standard InChI is InChI=1S/C11H14FNO/c12-11-8-3-1-2-4-9(13)7(8)5-6-10(11)14/h5-6,9,14H,1-4,13H2. The summed E-state index contributed by atoms with van der Waals surface area (Å²) in [5, 5.41) is 9.24. The summed E-state index contributed by atoms with van der Waals surface area (Å²) in [6.07, 6.45) is 3.55. The maximum Gasteiger partial charge on any atom is 0.168 e. The number of nitrogens with two attached hydrogens (primary N) is 1. The van der Waals surface area contributed by atoms with Crippen molar-refractivity contribution in [3.8, 4) is 5.75 Å². The zero-order chi connectivity index (χ0) is 10.1. The molecule has 3 N–H and O–H groups in total. The highest BCUT2D eigenvalue weighted by molar-refractivity contribution is 5.39. The molecule has 0 spiro atoms. The van der Waals surface area contributed by atoms with E-state index in [1.54, 1.807) is 6.07 Å². The van der Waals surface area contributed by atoms with E-state index in [1.165, 1.54) is 6.07 Å². The van der Waals surface area contributed by atoms with Crippen LogP contribution < -0.4 is 5.73 Å². The predicted molar refractivity (Wildman–Crippen MR) is 52.5 cm³/mol. The minimum atomic E-state index is -0.486. The van der Waals surface area contributed by atoms with Crippen molar-refractivity contribution in [3.63, 3.8) is 0 Å². The topological polar surface area (TPSA) is 46.2 Å². The Hall–Kier alpha value is -1.09. The molecule has 76 valence electrons. The molecule has 0 saturated carbocycles. The molecule has 1 aromatic rings. The Morgan fingerprint density at radius 2 is 2.14 bits per heavy atom. The van der Waals surface area contributed by atoms with Crippen molar-refractivity contribution >= 4 is 0 Å². The fourth-order valence-electron chi connectivity index (χ4n) is 2.05. The Labute approximate surface area is 82.5 Å². The highest BCUT2D eigenvalue weighted by Crippen LogP contribution is 2.32. The lowest BCUT2D eigenvalue weighted by molar-refractivity contribution is 0.427. The average molecular weight is 195 g/mol. The molecule has 2 nitrogen and oxygen atoms in total. The van der Waals surface area contributed by atoms with Gasteiger partial charge in [0.15, 0.2) is 11.6 Å². The molecule has 0 radical (unpaired) electrons. The highest BCUT2D eigenvalue weighted by atomic mass is 19.1. The molecule has 0 amide bonds. The summed E-state index contributed by atoms with van der Waals surface area (Å²) in [5.41, 5.74) is 7.38. The number of benzene rings is 1. The van der Waals surface area contributed by atoms with Gasteiger partial charge in [0.1, 0.15) is 0 Å². The summed E-state index contributed by atoms with van der Waals surface area (Å²) in [6, 6.07) is 3.05. The van der Waals surface area contributed by atoms with Gasteiger partial charge in [-0.3, -0.25) is 0 Å². The molecule has 1 aliphatic carbocycles. The highest BCUT2D eigenvalue weighted by Gasteiger charge is 2.19. The monoisotopic (exact) mass is 195 g/mol. The Balaban J connectivity index is 2.53. The number of fused-ring (bicyclic) bond motifs is 1. The van der Waals surface area contributed by atoms with E-state index in [0.29, 0.717) is 12.0 Å². The Bertz CT molecular complexity index is 351. The van der Waals surface area contributed by atoms with Gasteiger partial charge >= 0.3 is 0 Å². The van der Waals surface area contributed by atoms with Crippen molar-refractivity contribution in [2.75, 3.05) is 0 Å². The Morgan fingerprint density at radius 3 is 2.93 bits per heavy atom. The third kappa shape index (κ3) is 1.48. The summed E-state index contributed by atoms with van der Waals surface area (Å²) < 4.78 is 13.5. The summed E-state index contributed by atoms with van der Waals surface area (Å²) in [4.78, 5) is 0. The molecule has 0 aliphatic heterocycles. The van der Waals surface area contributed by atoms with Gasteiger partial charge < -0.3 is 10.8 Å². The van der Waals surface area contributed by atoms with Crippen LogP contribution in [0.1, 0.15) is 36.4 Å². The maximum atomic E-state index is 13.5. The first-order valence-corrected chi connectivity index (χ1v) is 4.96. The lowest BCUT2D eigenvalue weighted by Crippen LogP contribution is -2.11. The zero-order valence-corrected chi connectivity index (χ0v) is 7.96. The second kappa shape index (κ2) is 3.58. The van der Waals surface area contributed by atoms with E-state index in [-0.39, 0.29) is 11.8 Å². The molecule has 2 rings (SSSR count). The van der Waals surface area contributed by atoms with Gasteiger partial charge in [0, 0.05) is 6.04 Å². The van der Waals surface area contributed by atoms with Crippen LogP contribution in [-0.4, -0.2) is 5.11 Å². The van der Waals surface area contributed by atoms with E-state index in [2.05, 4.69) is 0 Å². The van der Waals surface area contributed by atoms with Crippen molar-refractivity contribution in [3.05, 3.63) is 29.1 Å². The predicted octanol–water partition coefficient (Wildman–Crippen LogP) is 2.26. The SMILES string of the molecule is NC1CCCCc2c1ccc(O)c2F. The van der Waals surface area contributed by atoms with Crippen molar-refractivity contribution < 1.29 is 9.50 Å². The number of rotatable bonds is 0. The van der Waals surface area contributed by atoms with Gasteiger partial charge in [-0.15, -0.1) is 0 Å². The minimum absolute atomic E-state index is 0.0809. The number of hydrogen-bond acceptors (Lipinski definition) is 2. The zero-order valence-electron chi connectivity index (χ0n) is 7.96. The van der Waals surface area contributed by atoms with Crippen molar-refractivity contribution in [2.45, 2.75) is 31.7 Å². The van der Waals surface area contributed by atoms with Gasteiger partial charge in [0.2, 0.25) is 0 Å². The van der Waals surface area contributed by atoms with E-state index in [0.717, 1.165) is 24.8 Å². The van der Waals surface area contributed by atoms with Crippen LogP contribution in [0.25, 0.3) is 0 Å². The molecule has 0 fully saturated rings. The normalized spacial score (nSPS) is 21.4. The fourth-order valence-corrected chi connectivity index (χ4v) is 2.05. The van der Waals surface area contributed by atoms with Crippen LogP contribution in [-0.2, 0) is 6.42 Å². The second-order valence-corrected chi connectivity index (χ2v) is 3.82. The van der Waals surface area contributed by atoms with Crippen LogP contribution >= 0.6 is 0 Å². The first kappa shape index (κ1) is 9.46. The van der Waals surface area contributed by atoms with Crippen LogP contribution in [0.3, 0.4) is 0 Å². The van der Waals surface area contributed by atoms with Gasteiger partial charge in [-0.1, -0.05) is 12.5 Å². The lowest BCUT2D eigenvalue weighted by atomic mass is 9.99. The minimum Gasteiger partial charge on any atom is -0.505 e. The van der Waals surface area contributed by atoms with Crippen molar-refractivity contribution in [1.82, 2.24) is 0 Å². The third-order valence-corrected chi connectivity index (χ3v) is 2.85.